The van der Waals surface area contributed by atoms with Crippen molar-refractivity contribution in [3.8, 4) is 0 Å². The highest BCUT2D eigenvalue weighted by molar-refractivity contribution is 5.77. The van der Waals surface area contributed by atoms with Gasteiger partial charge in [-0.1, -0.05) is 38.1 Å². The van der Waals surface area contributed by atoms with Gasteiger partial charge in [0.2, 0.25) is 0 Å². The number of aliphatic hydroxyl groups is 1. The van der Waals surface area contributed by atoms with E-state index in [0.29, 0.717) is 11.5 Å². The first-order valence-electron chi connectivity index (χ1n) is 10.6. The number of benzene rings is 1. The predicted molar refractivity (Wildman–Crippen MR) is 115 cm³/mol. The molecule has 0 bridgehead atoms. The fourth-order valence-corrected chi connectivity index (χ4v) is 3.68. The first-order chi connectivity index (χ1) is 14.7. The number of carbonyl (C=O) groups excluding carboxylic acids is 1. The molecule has 1 aromatic heterocycles. The lowest BCUT2D eigenvalue weighted by Crippen LogP contribution is -2.33. The largest absolute Gasteiger partial charge is 0.462 e. The average Bonchev–Trinajstić information content (AvgIpc) is 3.08. The van der Waals surface area contributed by atoms with Crippen LogP contribution >= 0.6 is 0 Å². The molecule has 2 aromatic rings. The highest BCUT2D eigenvalue weighted by Gasteiger charge is 2.36. The molecule has 168 valence electrons. The van der Waals surface area contributed by atoms with E-state index in [1.165, 1.54) is 16.3 Å². The highest BCUT2D eigenvalue weighted by atomic mass is 16.6. The third kappa shape index (κ3) is 5.51. The van der Waals surface area contributed by atoms with E-state index in [0.717, 1.165) is 12.0 Å². The molecule has 0 unspecified atom stereocenters. The van der Waals surface area contributed by atoms with Crippen molar-refractivity contribution in [2.75, 3.05) is 6.61 Å². The van der Waals surface area contributed by atoms with Crippen LogP contribution in [0.5, 0.6) is 0 Å². The van der Waals surface area contributed by atoms with Gasteiger partial charge in [0, 0.05) is 18.2 Å². The van der Waals surface area contributed by atoms with Gasteiger partial charge in [-0.3, -0.25) is 19.1 Å². The summed E-state index contributed by atoms with van der Waals surface area (Å²) in [5, 5.41) is 10.3. The molecule has 31 heavy (non-hydrogen) atoms. The Kier molecular flexibility index (Phi) is 7.12. The van der Waals surface area contributed by atoms with Gasteiger partial charge < -0.3 is 14.6 Å². The Labute approximate surface area is 180 Å². The summed E-state index contributed by atoms with van der Waals surface area (Å²) in [6.45, 7) is 7.55. The van der Waals surface area contributed by atoms with Crippen LogP contribution in [0.15, 0.2) is 40.1 Å². The second kappa shape index (κ2) is 9.62. The SMILES string of the molecule is Cc1cn([C@H]2C[C@H](O)[C@@H](COC(=O)[C@H](C)c3ccc(CC(C)C)cc3)O2)c(=O)[nH]c1=O. The van der Waals surface area contributed by atoms with E-state index in [1.54, 1.807) is 13.8 Å². The second-order valence-corrected chi connectivity index (χ2v) is 8.60. The first-order valence-corrected chi connectivity index (χ1v) is 10.6. The van der Waals surface area contributed by atoms with Gasteiger partial charge in [-0.05, 0) is 37.3 Å². The van der Waals surface area contributed by atoms with Gasteiger partial charge >= 0.3 is 11.7 Å². The summed E-state index contributed by atoms with van der Waals surface area (Å²) in [4.78, 5) is 38.3. The Morgan fingerprint density at radius 2 is 1.94 bits per heavy atom. The van der Waals surface area contributed by atoms with E-state index in [4.69, 9.17) is 9.47 Å². The lowest BCUT2D eigenvalue weighted by atomic mass is 9.97. The molecule has 1 aromatic carbocycles. The molecule has 0 saturated carbocycles. The van der Waals surface area contributed by atoms with Gasteiger partial charge in [0.15, 0.2) is 0 Å². The van der Waals surface area contributed by atoms with Crippen LogP contribution in [0.25, 0.3) is 0 Å². The van der Waals surface area contributed by atoms with Crippen molar-refractivity contribution in [3.63, 3.8) is 0 Å². The molecule has 4 atom stereocenters. The predicted octanol–water partition coefficient (Wildman–Crippen LogP) is 2.04. The van der Waals surface area contributed by atoms with Crippen molar-refractivity contribution in [1.29, 1.82) is 0 Å². The molecule has 1 aliphatic rings. The highest BCUT2D eigenvalue weighted by Crippen LogP contribution is 2.28. The number of aryl methyl sites for hydroxylation is 1. The molecule has 0 aliphatic carbocycles. The standard InChI is InChI=1S/C23H30N2O6/c1-13(2)9-16-5-7-17(8-6-16)15(4)22(28)30-12-19-18(26)10-20(31-19)25-11-14(3)21(27)24-23(25)29/h5-8,11,13,15,18-20,26H,9-10,12H2,1-4H3,(H,24,27,29)/t15-,18+,19-,20-/m1/s1. The number of aromatic nitrogens is 2. The molecule has 8 heteroatoms. The number of aliphatic hydroxyl groups excluding tert-OH is 1. The van der Waals surface area contributed by atoms with E-state index in [2.05, 4.69) is 18.8 Å². The Hall–Kier alpha value is -2.71. The third-order valence-electron chi connectivity index (χ3n) is 5.53. The van der Waals surface area contributed by atoms with Crippen LogP contribution in [-0.4, -0.2) is 39.4 Å². The van der Waals surface area contributed by atoms with Crippen LogP contribution in [0, 0.1) is 12.8 Å². The first kappa shape index (κ1) is 23.0. The minimum Gasteiger partial charge on any atom is -0.462 e. The summed E-state index contributed by atoms with van der Waals surface area (Å²) in [5.74, 6) is -0.300. The van der Waals surface area contributed by atoms with Crippen LogP contribution in [0.3, 0.4) is 0 Å². The average molecular weight is 431 g/mol. The second-order valence-electron chi connectivity index (χ2n) is 8.60. The van der Waals surface area contributed by atoms with E-state index < -0.39 is 41.6 Å². The maximum atomic E-state index is 12.5. The number of ether oxygens (including phenoxy) is 2. The smallest absolute Gasteiger partial charge is 0.330 e. The molecule has 2 heterocycles. The number of aromatic amines is 1. The van der Waals surface area contributed by atoms with Gasteiger partial charge in [0.05, 0.1) is 12.0 Å². The zero-order chi connectivity index (χ0) is 22.7. The molecule has 1 fully saturated rings. The number of nitrogens with one attached hydrogen (secondary N) is 1. The minimum atomic E-state index is -0.900. The molecule has 0 spiro atoms. The lowest BCUT2D eigenvalue weighted by Gasteiger charge is -2.18. The van der Waals surface area contributed by atoms with E-state index >= 15 is 0 Å². The number of esters is 1. The Balaban J connectivity index is 1.58. The summed E-state index contributed by atoms with van der Waals surface area (Å²) in [6.07, 6.45) is 0.136. The molecule has 3 rings (SSSR count). The minimum absolute atomic E-state index is 0.122. The monoisotopic (exact) mass is 430 g/mol. The van der Waals surface area contributed by atoms with Crippen LogP contribution in [0.1, 0.15) is 56.0 Å². The molecular weight excluding hydrogens is 400 g/mol. The summed E-state index contributed by atoms with van der Waals surface area (Å²) in [5.41, 5.74) is 1.37. The summed E-state index contributed by atoms with van der Waals surface area (Å²) >= 11 is 0. The zero-order valence-electron chi connectivity index (χ0n) is 18.3. The van der Waals surface area contributed by atoms with Crippen molar-refractivity contribution in [2.45, 2.75) is 64.9 Å². The number of hydrogen-bond donors (Lipinski definition) is 2. The van der Waals surface area contributed by atoms with Crippen LogP contribution < -0.4 is 11.2 Å². The topological polar surface area (TPSA) is 111 Å². The normalized spacial score (nSPS) is 21.9. The summed E-state index contributed by atoms with van der Waals surface area (Å²) in [7, 11) is 0. The maximum Gasteiger partial charge on any atom is 0.330 e. The van der Waals surface area contributed by atoms with Gasteiger partial charge in [-0.15, -0.1) is 0 Å². The van der Waals surface area contributed by atoms with Gasteiger partial charge in [0.25, 0.3) is 5.56 Å². The number of nitrogens with zero attached hydrogens (tertiary/aromatic N) is 1. The summed E-state index contributed by atoms with van der Waals surface area (Å²) < 4.78 is 12.4. The number of carbonyl (C=O) groups is 1. The fraction of sp³-hybridized carbons (Fsp3) is 0.522. The van der Waals surface area contributed by atoms with Crippen molar-refractivity contribution in [1.82, 2.24) is 9.55 Å². The fourth-order valence-electron chi connectivity index (χ4n) is 3.68. The van der Waals surface area contributed by atoms with Gasteiger partial charge in [-0.2, -0.15) is 0 Å². The molecule has 8 nitrogen and oxygen atoms in total. The van der Waals surface area contributed by atoms with Crippen LogP contribution in [0.4, 0.5) is 0 Å². The molecular formula is C23H30N2O6. The van der Waals surface area contributed by atoms with Crippen molar-refractivity contribution < 1.29 is 19.4 Å². The number of rotatable bonds is 7. The van der Waals surface area contributed by atoms with Gasteiger partial charge in [0.1, 0.15) is 18.9 Å². The molecule has 1 aliphatic heterocycles. The quantitative estimate of drug-likeness (QED) is 0.651. The Morgan fingerprint density at radius 1 is 1.26 bits per heavy atom. The molecule has 0 amide bonds. The third-order valence-corrected chi connectivity index (χ3v) is 5.53. The number of hydrogen-bond acceptors (Lipinski definition) is 6. The molecule has 2 N–H and O–H groups in total. The Morgan fingerprint density at radius 3 is 2.58 bits per heavy atom. The van der Waals surface area contributed by atoms with E-state index in [1.807, 2.05) is 24.3 Å². The van der Waals surface area contributed by atoms with Crippen molar-refractivity contribution in [3.05, 3.63) is 68.0 Å². The molecule has 1 saturated heterocycles. The number of H-pyrrole nitrogens is 1. The molecule has 0 radical (unpaired) electrons. The lowest BCUT2D eigenvalue weighted by molar-refractivity contribution is -0.151. The maximum absolute atomic E-state index is 12.5. The van der Waals surface area contributed by atoms with Crippen LogP contribution in [0.2, 0.25) is 0 Å². The van der Waals surface area contributed by atoms with Gasteiger partial charge in [-0.25, -0.2) is 4.79 Å². The van der Waals surface area contributed by atoms with Crippen molar-refractivity contribution >= 4 is 5.97 Å². The Bertz CT molecular complexity index is 1020. The van der Waals surface area contributed by atoms with Crippen LogP contribution in [-0.2, 0) is 20.7 Å². The zero-order valence-corrected chi connectivity index (χ0v) is 18.3. The summed E-state index contributed by atoms with van der Waals surface area (Å²) in [6, 6.07) is 7.92. The van der Waals surface area contributed by atoms with E-state index in [-0.39, 0.29) is 13.0 Å². The van der Waals surface area contributed by atoms with E-state index in [9.17, 15) is 19.5 Å². The van der Waals surface area contributed by atoms with Crippen molar-refractivity contribution in [2.24, 2.45) is 5.92 Å².